The van der Waals surface area contributed by atoms with Crippen molar-refractivity contribution in [3.63, 3.8) is 0 Å². The zero-order valence-corrected chi connectivity index (χ0v) is 19.1. The molecule has 2 heterocycles. The molecule has 1 spiro atoms. The molecule has 190 valence electrons. The van der Waals surface area contributed by atoms with E-state index in [4.69, 9.17) is 0 Å². The molecule has 0 radical (unpaired) electrons. The number of benzene rings is 2. The van der Waals surface area contributed by atoms with Crippen molar-refractivity contribution in [2.45, 2.75) is 50.7 Å². The highest BCUT2D eigenvalue weighted by molar-refractivity contribution is 5.79. The van der Waals surface area contributed by atoms with Crippen molar-refractivity contribution >= 4 is 5.91 Å². The Balaban J connectivity index is 1.54. The van der Waals surface area contributed by atoms with Crippen LogP contribution in [0.2, 0.25) is 0 Å². The number of hydrogen-bond donors (Lipinski definition) is 2. The Kier molecular flexibility index (Phi) is 6.42. The highest BCUT2D eigenvalue weighted by atomic mass is 19.4. The molecule has 2 aliphatic heterocycles. The summed E-state index contributed by atoms with van der Waals surface area (Å²) in [4.78, 5) is 13.9. The van der Waals surface area contributed by atoms with E-state index in [2.05, 4.69) is 10.2 Å². The summed E-state index contributed by atoms with van der Waals surface area (Å²) < 4.78 is 79.0. The van der Waals surface area contributed by atoms with Crippen molar-refractivity contribution < 1.29 is 36.2 Å². The standard InChI is InChI=1S/C25H26F6N2O2/c1-2-17-11-16(13-33-10-9-22(15-33)12-21(34)32-14-22)3-8-20(17)18-4-6-19(7-5-18)23(35,24(26,27)28)25(29,30)31/h3-8,11,35H,2,9-10,12-15H2,1H3,(H,32,34). The van der Waals surface area contributed by atoms with Gasteiger partial charge in [0.05, 0.1) is 0 Å². The Bertz CT molecular complexity index is 1080. The lowest BCUT2D eigenvalue weighted by molar-refractivity contribution is -0.376. The molecule has 2 N–H and O–H groups in total. The number of nitrogens with one attached hydrogen (secondary N) is 1. The van der Waals surface area contributed by atoms with E-state index in [1.54, 1.807) is 0 Å². The Hall–Kier alpha value is -2.59. The molecule has 0 bridgehead atoms. The summed E-state index contributed by atoms with van der Waals surface area (Å²) in [6.07, 6.45) is -9.74. The van der Waals surface area contributed by atoms with E-state index in [0.29, 0.717) is 49.2 Å². The molecule has 0 aliphatic carbocycles. The molecule has 2 aliphatic rings. The van der Waals surface area contributed by atoms with Crippen LogP contribution in [-0.4, -0.2) is 47.9 Å². The van der Waals surface area contributed by atoms with Gasteiger partial charge in [0.15, 0.2) is 0 Å². The molecule has 0 saturated carbocycles. The summed E-state index contributed by atoms with van der Waals surface area (Å²) >= 11 is 0. The number of aliphatic hydroxyl groups is 1. The van der Waals surface area contributed by atoms with E-state index in [1.165, 1.54) is 12.1 Å². The summed E-state index contributed by atoms with van der Waals surface area (Å²) in [6, 6.07) is 9.38. The van der Waals surface area contributed by atoms with Crippen LogP contribution in [0.25, 0.3) is 11.1 Å². The molecule has 35 heavy (non-hydrogen) atoms. The molecule has 2 aromatic rings. The first-order valence-corrected chi connectivity index (χ1v) is 11.4. The van der Waals surface area contributed by atoms with E-state index in [0.717, 1.165) is 30.6 Å². The minimum atomic E-state index is -5.92. The Morgan fingerprint density at radius 1 is 1.03 bits per heavy atom. The van der Waals surface area contributed by atoms with Crippen molar-refractivity contribution in [3.8, 4) is 11.1 Å². The fourth-order valence-corrected chi connectivity index (χ4v) is 5.16. The number of carbonyl (C=O) groups is 1. The monoisotopic (exact) mass is 500 g/mol. The van der Waals surface area contributed by atoms with Crippen molar-refractivity contribution in [1.82, 2.24) is 10.2 Å². The molecule has 1 amide bonds. The molecular formula is C25H26F6N2O2. The number of likely N-dealkylation sites (tertiary alicyclic amines) is 1. The number of amides is 1. The third-order valence-corrected chi connectivity index (χ3v) is 7.10. The van der Waals surface area contributed by atoms with E-state index in [9.17, 15) is 36.2 Å². The molecule has 10 heteroatoms. The van der Waals surface area contributed by atoms with Crippen LogP contribution < -0.4 is 5.32 Å². The third kappa shape index (κ3) is 4.65. The summed E-state index contributed by atoms with van der Waals surface area (Å²) in [6.45, 7) is 4.99. The minimum absolute atomic E-state index is 0.0128. The molecular weight excluding hydrogens is 474 g/mol. The fourth-order valence-electron chi connectivity index (χ4n) is 5.16. The van der Waals surface area contributed by atoms with Gasteiger partial charge in [-0.2, -0.15) is 26.3 Å². The number of halogens is 6. The molecule has 2 fully saturated rings. The summed E-state index contributed by atoms with van der Waals surface area (Å²) in [7, 11) is 0. The van der Waals surface area contributed by atoms with Gasteiger partial charge in [-0.15, -0.1) is 0 Å². The second kappa shape index (κ2) is 8.81. The first-order valence-electron chi connectivity index (χ1n) is 11.4. The zero-order valence-electron chi connectivity index (χ0n) is 19.1. The molecule has 2 saturated heterocycles. The van der Waals surface area contributed by atoms with Crippen LogP contribution in [0.1, 0.15) is 36.5 Å². The summed E-state index contributed by atoms with van der Waals surface area (Å²) in [5.41, 5.74) is -3.13. The predicted octanol–water partition coefficient (Wildman–Crippen LogP) is 4.94. The largest absolute Gasteiger partial charge is 0.430 e. The van der Waals surface area contributed by atoms with Gasteiger partial charge in [-0.1, -0.05) is 49.4 Å². The van der Waals surface area contributed by atoms with Crippen LogP contribution in [0.4, 0.5) is 26.3 Å². The molecule has 2 aromatic carbocycles. The van der Waals surface area contributed by atoms with Crippen LogP contribution in [0.5, 0.6) is 0 Å². The second-order valence-electron chi connectivity index (χ2n) is 9.54. The number of alkyl halides is 6. The van der Waals surface area contributed by atoms with E-state index >= 15 is 0 Å². The van der Waals surface area contributed by atoms with Crippen LogP contribution in [-0.2, 0) is 23.4 Å². The fraction of sp³-hybridized carbons (Fsp3) is 0.480. The number of nitrogens with zero attached hydrogens (tertiary/aromatic N) is 1. The first-order chi connectivity index (χ1) is 16.3. The molecule has 1 atom stereocenters. The lowest BCUT2D eigenvalue weighted by Crippen LogP contribution is -2.53. The van der Waals surface area contributed by atoms with Crippen LogP contribution in [0, 0.1) is 5.41 Å². The third-order valence-electron chi connectivity index (χ3n) is 7.10. The average molecular weight is 500 g/mol. The van der Waals surface area contributed by atoms with Gasteiger partial charge in [-0.05, 0) is 41.6 Å². The van der Waals surface area contributed by atoms with E-state index in [-0.39, 0.29) is 11.3 Å². The smallest absolute Gasteiger partial charge is 0.369 e. The second-order valence-corrected chi connectivity index (χ2v) is 9.54. The SMILES string of the molecule is CCc1cc(CN2CCC3(CNC(=O)C3)C2)ccc1-c1ccc(C(O)(C(F)(F)F)C(F)(F)F)cc1. The van der Waals surface area contributed by atoms with Gasteiger partial charge in [0.1, 0.15) is 0 Å². The number of rotatable bonds is 5. The maximum Gasteiger partial charge on any atom is 0.430 e. The quantitative estimate of drug-likeness (QED) is 0.572. The predicted molar refractivity (Wildman–Crippen MR) is 117 cm³/mol. The Morgan fingerprint density at radius 2 is 1.69 bits per heavy atom. The van der Waals surface area contributed by atoms with Crippen molar-refractivity contribution in [1.29, 1.82) is 0 Å². The average Bonchev–Trinajstić information content (AvgIpc) is 3.35. The van der Waals surface area contributed by atoms with Gasteiger partial charge in [0, 0.05) is 37.0 Å². The van der Waals surface area contributed by atoms with Gasteiger partial charge in [0.25, 0.3) is 5.60 Å². The lowest BCUT2D eigenvalue weighted by atomic mass is 9.86. The van der Waals surface area contributed by atoms with Crippen LogP contribution in [0.3, 0.4) is 0 Å². The van der Waals surface area contributed by atoms with E-state index < -0.39 is 23.5 Å². The molecule has 0 aromatic heterocycles. The highest BCUT2D eigenvalue weighted by Gasteiger charge is 2.71. The minimum Gasteiger partial charge on any atom is -0.369 e. The topological polar surface area (TPSA) is 52.6 Å². The zero-order chi connectivity index (χ0) is 25.6. The van der Waals surface area contributed by atoms with Gasteiger partial charge in [-0.25, -0.2) is 0 Å². The van der Waals surface area contributed by atoms with Gasteiger partial charge in [-0.3, -0.25) is 9.69 Å². The van der Waals surface area contributed by atoms with E-state index in [1.807, 2.05) is 25.1 Å². The maximum atomic E-state index is 13.2. The first kappa shape index (κ1) is 25.5. The molecule has 4 nitrogen and oxygen atoms in total. The highest BCUT2D eigenvalue weighted by Crippen LogP contribution is 2.50. The van der Waals surface area contributed by atoms with Crippen molar-refractivity contribution in [3.05, 3.63) is 59.2 Å². The number of aryl methyl sites for hydroxylation is 1. The maximum absolute atomic E-state index is 13.2. The van der Waals surface area contributed by atoms with Crippen molar-refractivity contribution in [2.24, 2.45) is 5.41 Å². The number of hydrogen-bond acceptors (Lipinski definition) is 3. The molecule has 1 unspecified atom stereocenters. The Labute approximate surface area is 198 Å². The van der Waals surface area contributed by atoms with Crippen LogP contribution >= 0.6 is 0 Å². The Morgan fingerprint density at radius 3 is 2.23 bits per heavy atom. The van der Waals surface area contributed by atoms with Crippen molar-refractivity contribution in [2.75, 3.05) is 19.6 Å². The number of carbonyl (C=O) groups excluding carboxylic acids is 1. The van der Waals surface area contributed by atoms with Gasteiger partial charge in [0.2, 0.25) is 5.91 Å². The van der Waals surface area contributed by atoms with Crippen LogP contribution in [0.15, 0.2) is 42.5 Å². The summed E-state index contributed by atoms with van der Waals surface area (Å²) in [5.74, 6) is 0.0828. The lowest BCUT2D eigenvalue weighted by Gasteiger charge is -2.32. The normalized spacial score (nSPS) is 21.7. The van der Waals surface area contributed by atoms with Gasteiger partial charge >= 0.3 is 12.4 Å². The van der Waals surface area contributed by atoms with Gasteiger partial charge < -0.3 is 10.4 Å². The summed E-state index contributed by atoms with van der Waals surface area (Å²) in [5, 5.41) is 12.5. The molecule has 4 rings (SSSR count).